The van der Waals surface area contributed by atoms with E-state index in [0.29, 0.717) is 16.8 Å². The summed E-state index contributed by atoms with van der Waals surface area (Å²) in [5.74, 6) is 0.319. The van der Waals surface area contributed by atoms with E-state index in [4.69, 9.17) is 10.5 Å². The van der Waals surface area contributed by atoms with E-state index in [9.17, 15) is 4.39 Å². The molecule has 4 heteroatoms. The van der Waals surface area contributed by atoms with Crippen molar-refractivity contribution in [3.05, 3.63) is 58.3 Å². The lowest BCUT2D eigenvalue weighted by Gasteiger charge is -2.07. The Morgan fingerprint density at radius 3 is 2.47 bits per heavy atom. The van der Waals surface area contributed by atoms with E-state index in [1.807, 2.05) is 24.3 Å². The highest BCUT2D eigenvalue weighted by molar-refractivity contribution is 9.10. The molecule has 0 fully saturated rings. The maximum Gasteiger partial charge on any atom is 0.137 e. The van der Waals surface area contributed by atoms with Crippen LogP contribution in [0.1, 0.15) is 5.56 Å². The molecule has 0 amide bonds. The van der Waals surface area contributed by atoms with Crippen molar-refractivity contribution in [2.24, 2.45) is 0 Å². The molecule has 2 aromatic carbocycles. The number of hydrogen-bond donors (Lipinski definition) is 1. The Balaban J connectivity index is 2.02. The van der Waals surface area contributed by atoms with Gasteiger partial charge in [0.2, 0.25) is 0 Å². The maximum atomic E-state index is 13.0. The Morgan fingerprint density at radius 2 is 1.82 bits per heavy atom. The fourth-order valence-electron chi connectivity index (χ4n) is 1.35. The van der Waals surface area contributed by atoms with Crippen molar-refractivity contribution in [1.29, 1.82) is 0 Å². The molecule has 0 heterocycles. The van der Waals surface area contributed by atoms with Gasteiger partial charge in [0.1, 0.15) is 18.2 Å². The number of nitrogen functional groups attached to an aromatic ring is 1. The van der Waals surface area contributed by atoms with Crippen LogP contribution in [0.4, 0.5) is 10.1 Å². The van der Waals surface area contributed by atoms with Gasteiger partial charge in [0, 0.05) is 5.69 Å². The maximum absolute atomic E-state index is 13.0. The molecule has 0 atom stereocenters. The van der Waals surface area contributed by atoms with Gasteiger partial charge in [-0.25, -0.2) is 4.39 Å². The van der Waals surface area contributed by atoms with Crippen LogP contribution in [-0.2, 0) is 6.61 Å². The van der Waals surface area contributed by atoms with Crippen molar-refractivity contribution < 1.29 is 9.13 Å². The average Bonchev–Trinajstić information content (AvgIpc) is 2.33. The summed E-state index contributed by atoms with van der Waals surface area (Å²) in [5.41, 5.74) is 7.32. The van der Waals surface area contributed by atoms with Gasteiger partial charge < -0.3 is 10.5 Å². The largest absolute Gasteiger partial charge is 0.489 e. The van der Waals surface area contributed by atoms with Crippen LogP contribution < -0.4 is 10.5 Å². The predicted molar refractivity (Wildman–Crippen MR) is 69.3 cm³/mol. The summed E-state index contributed by atoms with van der Waals surface area (Å²) in [4.78, 5) is 0. The Hall–Kier alpha value is -1.55. The molecule has 0 saturated carbocycles. The Morgan fingerprint density at radius 1 is 1.12 bits per heavy atom. The summed E-state index contributed by atoms with van der Waals surface area (Å²) < 4.78 is 18.9. The van der Waals surface area contributed by atoms with Gasteiger partial charge in [0.25, 0.3) is 0 Å². The van der Waals surface area contributed by atoms with Crippen LogP contribution >= 0.6 is 15.9 Å². The first-order valence-corrected chi connectivity index (χ1v) is 5.87. The summed E-state index contributed by atoms with van der Waals surface area (Å²) in [6.45, 7) is 0.429. The molecular formula is C13H11BrFNO. The van der Waals surface area contributed by atoms with Crippen molar-refractivity contribution >= 4 is 21.6 Å². The van der Waals surface area contributed by atoms with Crippen LogP contribution in [0.5, 0.6) is 5.75 Å². The van der Waals surface area contributed by atoms with Crippen LogP contribution in [0.25, 0.3) is 0 Å². The first-order chi connectivity index (χ1) is 8.15. The molecule has 0 aliphatic rings. The second kappa shape index (κ2) is 5.19. The fraction of sp³-hybridized carbons (Fsp3) is 0.0769. The monoisotopic (exact) mass is 295 g/mol. The highest BCUT2D eigenvalue weighted by Crippen LogP contribution is 2.22. The van der Waals surface area contributed by atoms with E-state index in [1.165, 1.54) is 6.07 Å². The molecule has 0 unspecified atom stereocenters. The number of halogens is 2. The minimum absolute atomic E-state index is 0.301. The quantitative estimate of drug-likeness (QED) is 0.875. The van der Waals surface area contributed by atoms with Crippen LogP contribution in [0.15, 0.2) is 46.9 Å². The van der Waals surface area contributed by atoms with E-state index < -0.39 is 0 Å². The highest BCUT2D eigenvalue weighted by Gasteiger charge is 2.01. The lowest BCUT2D eigenvalue weighted by molar-refractivity contribution is 0.305. The molecule has 0 saturated heterocycles. The molecule has 0 aliphatic heterocycles. The fourth-order valence-corrected chi connectivity index (χ4v) is 1.70. The van der Waals surface area contributed by atoms with E-state index in [-0.39, 0.29) is 5.82 Å². The zero-order chi connectivity index (χ0) is 12.3. The predicted octanol–water partition coefficient (Wildman–Crippen LogP) is 3.75. The van der Waals surface area contributed by atoms with E-state index in [1.54, 1.807) is 12.1 Å². The van der Waals surface area contributed by atoms with E-state index in [2.05, 4.69) is 15.9 Å². The van der Waals surface area contributed by atoms with Crippen LogP contribution in [0.3, 0.4) is 0 Å². The van der Waals surface area contributed by atoms with Gasteiger partial charge in [-0.05, 0) is 51.8 Å². The molecule has 2 N–H and O–H groups in total. The lowest BCUT2D eigenvalue weighted by Crippen LogP contribution is -1.96. The average molecular weight is 296 g/mol. The summed E-state index contributed by atoms with van der Waals surface area (Å²) in [6.07, 6.45) is 0. The highest BCUT2D eigenvalue weighted by atomic mass is 79.9. The van der Waals surface area contributed by atoms with Gasteiger partial charge >= 0.3 is 0 Å². The van der Waals surface area contributed by atoms with Gasteiger partial charge in [-0.1, -0.05) is 12.1 Å². The molecule has 17 heavy (non-hydrogen) atoms. The second-order valence-electron chi connectivity index (χ2n) is 3.61. The van der Waals surface area contributed by atoms with Crippen LogP contribution in [0.2, 0.25) is 0 Å². The Labute approximate surface area is 107 Å². The molecule has 88 valence electrons. The lowest BCUT2D eigenvalue weighted by atomic mass is 10.2. The number of anilines is 1. The van der Waals surface area contributed by atoms with Crippen LogP contribution in [-0.4, -0.2) is 0 Å². The normalized spacial score (nSPS) is 10.2. The zero-order valence-corrected chi connectivity index (χ0v) is 10.6. The van der Waals surface area contributed by atoms with Crippen LogP contribution in [0, 0.1) is 5.82 Å². The first-order valence-electron chi connectivity index (χ1n) is 5.07. The summed E-state index contributed by atoms with van der Waals surface area (Å²) >= 11 is 3.11. The van der Waals surface area contributed by atoms with Crippen molar-refractivity contribution in [3.8, 4) is 5.75 Å². The molecule has 0 spiro atoms. The van der Waals surface area contributed by atoms with Crippen molar-refractivity contribution in [1.82, 2.24) is 0 Å². The SMILES string of the molecule is Nc1ccc(COc2ccc(F)c(Br)c2)cc1. The third-order valence-electron chi connectivity index (χ3n) is 2.28. The molecule has 2 aromatic rings. The number of rotatable bonds is 3. The van der Waals surface area contributed by atoms with E-state index in [0.717, 1.165) is 11.3 Å². The third-order valence-corrected chi connectivity index (χ3v) is 2.88. The minimum atomic E-state index is -0.301. The molecule has 0 aliphatic carbocycles. The molecular weight excluding hydrogens is 285 g/mol. The van der Waals surface area contributed by atoms with Crippen molar-refractivity contribution in [2.45, 2.75) is 6.61 Å². The molecule has 0 radical (unpaired) electrons. The molecule has 2 nitrogen and oxygen atoms in total. The summed E-state index contributed by atoms with van der Waals surface area (Å²) in [6, 6.07) is 12.0. The number of ether oxygens (including phenoxy) is 1. The zero-order valence-electron chi connectivity index (χ0n) is 8.99. The summed E-state index contributed by atoms with van der Waals surface area (Å²) in [7, 11) is 0. The molecule has 0 aromatic heterocycles. The van der Waals surface area contributed by atoms with Crippen molar-refractivity contribution in [3.63, 3.8) is 0 Å². The number of nitrogens with two attached hydrogens (primary N) is 1. The van der Waals surface area contributed by atoms with Gasteiger partial charge in [0.15, 0.2) is 0 Å². The third kappa shape index (κ3) is 3.20. The Kier molecular flexibility index (Phi) is 3.64. The topological polar surface area (TPSA) is 35.2 Å². The first kappa shape index (κ1) is 11.9. The Bertz CT molecular complexity index is 513. The standard InChI is InChI=1S/C13H11BrFNO/c14-12-7-11(5-6-13(12)15)17-8-9-1-3-10(16)4-2-9/h1-7H,8,16H2. The molecule has 2 rings (SSSR count). The smallest absolute Gasteiger partial charge is 0.137 e. The van der Waals surface area contributed by atoms with Gasteiger partial charge in [0.05, 0.1) is 4.47 Å². The summed E-state index contributed by atoms with van der Waals surface area (Å²) in [5, 5.41) is 0. The number of hydrogen-bond acceptors (Lipinski definition) is 2. The second-order valence-corrected chi connectivity index (χ2v) is 4.46. The van der Waals surface area contributed by atoms with Crippen molar-refractivity contribution in [2.75, 3.05) is 5.73 Å². The van der Waals surface area contributed by atoms with Gasteiger partial charge in [-0.3, -0.25) is 0 Å². The number of benzene rings is 2. The van der Waals surface area contributed by atoms with E-state index >= 15 is 0 Å². The molecule has 0 bridgehead atoms. The van der Waals surface area contributed by atoms with Gasteiger partial charge in [-0.2, -0.15) is 0 Å². The minimum Gasteiger partial charge on any atom is -0.489 e. The van der Waals surface area contributed by atoms with Gasteiger partial charge in [-0.15, -0.1) is 0 Å².